The molecule has 2 heterocycles. The van der Waals surface area contributed by atoms with Crippen molar-refractivity contribution in [3.63, 3.8) is 0 Å². The molecule has 1 unspecified atom stereocenters. The molecule has 1 aliphatic heterocycles. The first-order chi connectivity index (χ1) is 8.63. The lowest BCUT2D eigenvalue weighted by Crippen LogP contribution is -2.47. The van der Waals surface area contributed by atoms with E-state index in [1.54, 1.807) is 28.7 Å². The van der Waals surface area contributed by atoms with Crippen molar-refractivity contribution in [3.8, 4) is 0 Å². The number of halogens is 1. The molecule has 19 heavy (non-hydrogen) atoms. The molecule has 0 aliphatic carbocycles. The molecule has 1 saturated heterocycles. The van der Waals surface area contributed by atoms with Crippen LogP contribution in [0.1, 0.15) is 25.0 Å². The summed E-state index contributed by atoms with van der Waals surface area (Å²) in [5.74, 6) is -0.0374. The highest BCUT2D eigenvalue weighted by molar-refractivity contribution is 7.88. The number of hydrogen-bond acceptors (Lipinski definition) is 4. The molecule has 1 aromatic rings. The zero-order valence-corrected chi connectivity index (χ0v) is 12.4. The number of nitrogens with zero attached hydrogens (tertiary/aromatic N) is 2. The molecule has 1 aromatic heterocycles. The Morgan fingerprint density at radius 1 is 1.37 bits per heavy atom. The number of rotatable bonds is 4. The van der Waals surface area contributed by atoms with Crippen molar-refractivity contribution in [3.05, 3.63) is 30.1 Å². The number of sulfonamides is 1. The van der Waals surface area contributed by atoms with E-state index < -0.39 is 10.0 Å². The Kier molecular flexibility index (Phi) is 6.19. The van der Waals surface area contributed by atoms with Gasteiger partial charge in [-0.05, 0) is 25.0 Å². The first-order valence-electron chi connectivity index (χ1n) is 6.23. The fourth-order valence-corrected chi connectivity index (χ4v) is 4.09. The van der Waals surface area contributed by atoms with Crippen LogP contribution in [0.3, 0.4) is 0 Å². The van der Waals surface area contributed by atoms with Gasteiger partial charge in [0, 0.05) is 25.3 Å². The maximum Gasteiger partial charge on any atom is 0.220 e. The van der Waals surface area contributed by atoms with Gasteiger partial charge in [-0.25, -0.2) is 8.42 Å². The summed E-state index contributed by atoms with van der Waals surface area (Å²) in [6.45, 7) is 0.971. The van der Waals surface area contributed by atoms with Crippen molar-refractivity contribution in [2.24, 2.45) is 5.73 Å². The van der Waals surface area contributed by atoms with Gasteiger partial charge in [-0.3, -0.25) is 4.98 Å². The first kappa shape index (κ1) is 16.4. The number of nitrogens with two attached hydrogens (primary N) is 1. The lowest BCUT2D eigenvalue weighted by Gasteiger charge is -2.33. The summed E-state index contributed by atoms with van der Waals surface area (Å²) >= 11 is 0. The van der Waals surface area contributed by atoms with E-state index >= 15 is 0 Å². The maximum absolute atomic E-state index is 12.4. The van der Waals surface area contributed by atoms with Crippen molar-refractivity contribution in [1.29, 1.82) is 0 Å². The van der Waals surface area contributed by atoms with Crippen LogP contribution in [0.15, 0.2) is 24.4 Å². The zero-order chi connectivity index (χ0) is 13.0. The van der Waals surface area contributed by atoms with Gasteiger partial charge in [-0.15, -0.1) is 12.4 Å². The summed E-state index contributed by atoms with van der Waals surface area (Å²) in [5, 5.41) is 0. The third kappa shape index (κ3) is 4.14. The molecule has 5 nitrogen and oxygen atoms in total. The fourth-order valence-electron chi connectivity index (χ4n) is 2.33. The van der Waals surface area contributed by atoms with Crippen LogP contribution in [-0.4, -0.2) is 36.8 Å². The normalized spacial score (nSPS) is 20.8. The molecule has 0 spiro atoms. The molecule has 7 heteroatoms. The average Bonchev–Trinajstić information content (AvgIpc) is 2.39. The predicted octanol–water partition coefficient (Wildman–Crippen LogP) is 1.15. The molecule has 108 valence electrons. The standard InChI is InChI=1S/C12H19N3O2S.ClH/c13-9-12-6-2-4-8-15(12)18(16,17)10-11-5-1-3-7-14-11;/h1,3,5,7,12H,2,4,6,8-10,13H2;1H. The average molecular weight is 306 g/mol. The monoisotopic (exact) mass is 305 g/mol. The largest absolute Gasteiger partial charge is 0.329 e. The van der Waals surface area contributed by atoms with Gasteiger partial charge >= 0.3 is 0 Å². The number of piperidine rings is 1. The van der Waals surface area contributed by atoms with Gasteiger partial charge < -0.3 is 5.73 Å². The summed E-state index contributed by atoms with van der Waals surface area (Å²) < 4.78 is 26.3. The molecule has 0 saturated carbocycles. The van der Waals surface area contributed by atoms with E-state index in [2.05, 4.69) is 4.98 Å². The summed E-state index contributed by atoms with van der Waals surface area (Å²) in [4.78, 5) is 4.07. The summed E-state index contributed by atoms with van der Waals surface area (Å²) in [7, 11) is -3.31. The molecular formula is C12H20ClN3O2S. The SMILES string of the molecule is Cl.NCC1CCCCN1S(=O)(=O)Cc1ccccn1. The molecule has 0 bridgehead atoms. The Hall–Kier alpha value is -0.690. The third-order valence-corrected chi connectivity index (χ3v) is 5.11. The van der Waals surface area contributed by atoms with Crippen LogP contribution in [0, 0.1) is 0 Å². The maximum atomic E-state index is 12.4. The highest BCUT2D eigenvalue weighted by Gasteiger charge is 2.31. The Morgan fingerprint density at radius 2 is 2.16 bits per heavy atom. The fraction of sp³-hybridized carbons (Fsp3) is 0.583. The minimum atomic E-state index is -3.31. The number of aromatic nitrogens is 1. The van der Waals surface area contributed by atoms with E-state index in [1.807, 2.05) is 0 Å². The van der Waals surface area contributed by atoms with E-state index in [9.17, 15) is 8.42 Å². The van der Waals surface area contributed by atoms with E-state index in [0.717, 1.165) is 19.3 Å². The van der Waals surface area contributed by atoms with E-state index in [0.29, 0.717) is 18.8 Å². The molecule has 0 amide bonds. The molecule has 0 radical (unpaired) electrons. The second kappa shape index (κ2) is 7.19. The van der Waals surface area contributed by atoms with Gasteiger partial charge in [0.1, 0.15) is 5.75 Å². The van der Waals surface area contributed by atoms with E-state index in [-0.39, 0.29) is 24.2 Å². The van der Waals surface area contributed by atoms with Gasteiger partial charge in [0.15, 0.2) is 0 Å². The third-order valence-electron chi connectivity index (χ3n) is 3.26. The smallest absolute Gasteiger partial charge is 0.220 e. The highest BCUT2D eigenvalue weighted by Crippen LogP contribution is 2.21. The molecule has 1 atom stereocenters. The van der Waals surface area contributed by atoms with E-state index in [1.165, 1.54) is 0 Å². The van der Waals surface area contributed by atoms with Crippen LogP contribution < -0.4 is 5.73 Å². The quantitative estimate of drug-likeness (QED) is 0.905. The van der Waals surface area contributed by atoms with Crippen molar-refractivity contribution < 1.29 is 8.42 Å². The van der Waals surface area contributed by atoms with Crippen molar-refractivity contribution in [1.82, 2.24) is 9.29 Å². The lowest BCUT2D eigenvalue weighted by molar-refractivity contribution is 0.257. The van der Waals surface area contributed by atoms with Crippen LogP contribution in [0.25, 0.3) is 0 Å². The van der Waals surface area contributed by atoms with Crippen LogP contribution >= 0.6 is 12.4 Å². The number of pyridine rings is 1. The predicted molar refractivity (Wildman–Crippen MR) is 77.5 cm³/mol. The summed E-state index contributed by atoms with van der Waals surface area (Å²) in [6, 6.07) is 5.26. The molecule has 0 aromatic carbocycles. The minimum absolute atomic E-state index is 0. The van der Waals surface area contributed by atoms with Crippen molar-refractivity contribution in [2.75, 3.05) is 13.1 Å². The second-order valence-electron chi connectivity index (χ2n) is 4.57. The Bertz CT molecular complexity index is 481. The van der Waals surface area contributed by atoms with Gasteiger partial charge in [0.25, 0.3) is 0 Å². The van der Waals surface area contributed by atoms with Gasteiger partial charge in [0.2, 0.25) is 10.0 Å². The minimum Gasteiger partial charge on any atom is -0.329 e. The number of hydrogen-bond donors (Lipinski definition) is 1. The van der Waals surface area contributed by atoms with Crippen LogP contribution in [0.4, 0.5) is 0 Å². The van der Waals surface area contributed by atoms with Crippen LogP contribution in [0.2, 0.25) is 0 Å². The van der Waals surface area contributed by atoms with Crippen LogP contribution in [0.5, 0.6) is 0 Å². The first-order valence-corrected chi connectivity index (χ1v) is 7.84. The van der Waals surface area contributed by atoms with Crippen LogP contribution in [-0.2, 0) is 15.8 Å². The molecule has 2 rings (SSSR count). The lowest BCUT2D eigenvalue weighted by atomic mass is 10.1. The van der Waals surface area contributed by atoms with Crippen molar-refractivity contribution in [2.45, 2.75) is 31.1 Å². The van der Waals surface area contributed by atoms with E-state index in [4.69, 9.17) is 5.73 Å². The molecular weight excluding hydrogens is 286 g/mol. The Balaban J connectivity index is 0.00000180. The zero-order valence-electron chi connectivity index (χ0n) is 10.7. The topological polar surface area (TPSA) is 76.3 Å². The highest BCUT2D eigenvalue weighted by atomic mass is 35.5. The Morgan fingerprint density at radius 3 is 2.79 bits per heavy atom. The second-order valence-corrected chi connectivity index (χ2v) is 6.49. The van der Waals surface area contributed by atoms with Gasteiger partial charge in [0.05, 0.1) is 5.69 Å². The van der Waals surface area contributed by atoms with Gasteiger partial charge in [-0.1, -0.05) is 12.5 Å². The Labute approximate surface area is 120 Å². The molecule has 1 aliphatic rings. The summed E-state index contributed by atoms with van der Waals surface area (Å²) in [6.07, 6.45) is 4.44. The summed E-state index contributed by atoms with van der Waals surface area (Å²) in [5.41, 5.74) is 6.24. The molecule has 2 N–H and O–H groups in total. The van der Waals surface area contributed by atoms with Gasteiger partial charge in [-0.2, -0.15) is 4.31 Å². The molecule has 1 fully saturated rings. The van der Waals surface area contributed by atoms with Crippen molar-refractivity contribution >= 4 is 22.4 Å².